The number of benzene rings is 1. The summed E-state index contributed by atoms with van der Waals surface area (Å²) < 4.78 is 9.56. The number of rotatable bonds is 4. The Hall–Kier alpha value is -2.74. The molecule has 1 aromatic carbocycles. The number of hydrogen-bond donors (Lipinski definition) is 0. The molecule has 2 aromatic rings. The van der Waals surface area contributed by atoms with E-state index in [4.69, 9.17) is 16.3 Å². The van der Waals surface area contributed by atoms with Crippen LogP contribution in [0.15, 0.2) is 18.2 Å². The van der Waals surface area contributed by atoms with Crippen molar-refractivity contribution in [1.29, 1.82) is 0 Å². The van der Waals surface area contributed by atoms with Crippen LogP contribution >= 0.6 is 11.6 Å². The Morgan fingerprint density at radius 3 is 2.73 bits per heavy atom. The quantitative estimate of drug-likeness (QED) is 0.368. The van der Waals surface area contributed by atoms with Crippen molar-refractivity contribution in [3.8, 4) is 17.3 Å². The number of nitro groups is 1. The van der Waals surface area contributed by atoms with E-state index in [1.807, 2.05) is 0 Å². The summed E-state index contributed by atoms with van der Waals surface area (Å²) in [6.07, 6.45) is 0. The van der Waals surface area contributed by atoms with Crippen LogP contribution < -0.4 is 4.74 Å². The van der Waals surface area contributed by atoms with Gasteiger partial charge in [-0.1, -0.05) is 11.6 Å². The molecule has 113 valence electrons. The van der Waals surface area contributed by atoms with E-state index in [0.717, 1.165) is 7.11 Å². The molecule has 0 spiro atoms. The molecule has 0 unspecified atom stereocenters. The van der Waals surface area contributed by atoms with Crippen LogP contribution in [-0.2, 0) is 4.74 Å². The Morgan fingerprint density at radius 1 is 1.41 bits per heavy atom. The van der Waals surface area contributed by atoms with Crippen LogP contribution in [0.3, 0.4) is 0 Å². The molecule has 0 aliphatic carbocycles. The fourth-order valence-corrected chi connectivity index (χ4v) is 1.92. The Morgan fingerprint density at radius 2 is 2.14 bits per heavy atom. The third-order valence-electron chi connectivity index (χ3n) is 2.67. The number of halogens is 1. The van der Waals surface area contributed by atoms with E-state index in [1.165, 1.54) is 25.3 Å². The number of aromatic nitrogens is 2. The molecule has 22 heavy (non-hydrogen) atoms. The summed E-state index contributed by atoms with van der Waals surface area (Å²) in [4.78, 5) is 30.3. The minimum absolute atomic E-state index is 0.0100. The van der Waals surface area contributed by atoms with Gasteiger partial charge >= 0.3 is 5.97 Å². The smallest absolute Gasteiger partial charge is 0.339 e. The number of carbonyl (C=O) groups is 1. The Labute approximate surface area is 129 Å². The lowest BCUT2D eigenvalue weighted by Gasteiger charge is -2.08. The zero-order valence-electron chi connectivity index (χ0n) is 11.5. The lowest BCUT2D eigenvalue weighted by molar-refractivity contribution is -0.384. The van der Waals surface area contributed by atoms with E-state index in [2.05, 4.69) is 20.8 Å². The first-order valence-corrected chi connectivity index (χ1v) is 6.22. The minimum atomic E-state index is -0.804. The van der Waals surface area contributed by atoms with E-state index >= 15 is 0 Å². The average molecular weight is 323 g/mol. The standard InChI is InChI=1S/C13H9ClN3O5/c1-21-10-6-9(14)15-12(16-10)11-7(13(18)22-2)4-3-5-8(11)17(19)20/h3,5-6H,1-2H3. The van der Waals surface area contributed by atoms with E-state index in [1.54, 1.807) is 0 Å². The normalized spacial score (nSPS) is 10.1. The van der Waals surface area contributed by atoms with Crippen molar-refractivity contribution in [3.63, 3.8) is 0 Å². The van der Waals surface area contributed by atoms with Crippen molar-refractivity contribution >= 4 is 23.3 Å². The molecule has 0 aliphatic rings. The van der Waals surface area contributed by atoms with Crippen LogP contribution in [0.5, 0.6) is 5.88 Å². The highest BCUT2D eigenvalue weighted by molar-refractivity contribution is 6.29. The number of methoxy groups -OCH3 is 2. The Bertz CT molecular complexity index is 750. The van der Waals surface area contributed by atoms with Crippen LogP contribution in [0.25, 0.3) is 11.4 Å². The zero-order chi connectivity index (χ0) is 16.3. The summed E-state index contributed by atoms with van der Waals surface area (Å²) in [5.74, 6) is -0.835. The topological polar surface area (TPSA) is 104 Å². The first-order valence-electron chi connectivity index (χ1n) is 5.84. The second-order valence-electron chi connectivity index (χ2n) is 3.92. The summed E-state index contributed by atoms with van der Waals surface area (Å²) in [5.41, 5.74) is -0.676. The molecule has 1 aromatic heterocycles. The van der Waals surface area contributed by atoms with Gasteiger partial charge in [-0.25, -0.2) is 9.78 Å². The highest BCUT2D eigenvalue weighted by Gasteiger charge is 2.26. The second-order valence-corrected chi connectivity index (χ2v) is 4.31. The molecule has 0 aliphatic heterocycles. The summed E-state index contributed by atoms with van der Waals surface area (Å²) in [7, 11) is 2.51. The van der Waals surface area contributed by atoms with Crippen molar-refractivity contribution in [1.82, 2.24) is 9.97 Å². The van der Waals surface area contributed by atoms with Gasteiger partial charge in [0.05, 0.1) is 24.7 Å². The fourth-order valence-electron chi connectivity index (χ4n) is 1.74. The summed E-state index contributed by atoms with van der Waals surface area (Å²) in [6.45, 7) is 0. The van der Waals surface area contributed by atoms with Gasteiger partial charge in [-0.15, -0.1) is 0 Å². The van der Waals surface area contributed by atoms with Crippen molar-refractivity contribution < 1.29 is 19.2 Å². The van der Waals surface area contributed by atoms with Crippen LogP contribution in [-0.4, -0.2) is 35.1 Å². The maximum atomic E-state index is 11.8. The molecule has 0 atom stereocenters. The highest BCUT2D eigenvalue weighted by Crippen LogP contribution is 2.33. The van der Waals surface area contributed by atoms with Crippen molar-refractivity contribution in [3.05, 3.63) is 45.1 Å². The number of ether oxygens (including phenoxy) is 2. The monoisotopic (exact) mass is 322 g/mol. The van der Waals surface area contributed by atoms with Gasteiger partial charge in [-0.2, -0.15) is 4.98 Å². The molecule has 2 rings (SSSR count). The molecule has 1 radical (unpaired) electrons. The molecule has 9 heteroatoms. The number of esters is 1. The first kappa shape index (κ1) is 15.6. The molecule has 0 N–H and O–H groups in total. The largest absolute Gasteiger partial charge is 0.481 e. The Balaban J connectivity index is 2.79. The van der Waals surface area contributed by atoms with Crippen molar-refractivity contribution in [2.75, 3.05) is 14.2 Å². The van der Waals surface area contributed by atoms with Crippen LogP contribution in [0.1, 0.15) is 10.4 Å². The number of hydrogen-bond acceptors (Lipinski definition) is 7. The van der Waals surface area contributed by atoms with E-state index < -0.39 is 10.9 Å². The summed E-state index contributed by atoms with van der Waals surface area (Å²) in [6, 6.07) is 6.35. The van der Waals surface area contributed by atoms with Gasteiger partial charge < -0.3 is 9.47 Å². The van der Waals surface area contributed by atoms with Gasteiger partial charge in [-0.3, -0.25) is 10.1 Å². The molecule has 0 saturated carbocycles. The third kappa shape index (κ3) is 2.96. The zero-order valence-corrected chi connectivity index (χ0v) is 12.2. The van der Waals surface area contributed by atoms with Gasteiger partial charge in [0.2, 0.25) is 5.88 Å². The molecule has 0 amide bonds. The van der Waals surface area contributed by atoms with Gasteiger partial charge in [0.25, 0.3) is 5.69 Å². The maximum absolute atomic E-state index is 11.8. The predicted octanol–water partition coefficient (Wildman–Crippen LogP) is 2.30. The number of nitro benzene ring substituents is 1. The third-order valence-corrected chi connectivity index (χ3v) is 2.86. The van der Waals surface area contributed by atoms with Crippen molar-refractivity contribution in [2.45, 2.75) is 0 Å². The molecule has 8 nitrogen and oxygen atoms in total. The SMILES string of the molecule is COC(=O)c1[c]ccc([N+](=O)[O-])c1-c1nc(Cl)cc(OC)n1. The first-order chi connectivity index (χ1) is 10.5. The lowest BCUT2D eigenvalue weighted by atomic mass is 10.0. The molecule has 0 fully saturated rings. The maximum Gasteiger partial charge on any atom is 0.339 e. The van der Waals surface area contributed by atoms with Crippen LogP contribution in [0, 0.1) is 16.2 Å². The van der Waals surface area contributed by atoms with Gasteiger partial charge in [-0.05, 0) is 12.1 Å². The highest BCUT2D eigenvalue weighted by atomic mass is 35.5. The van der Waals surface area contributed by atoms with E-state index in [-0.39, 0.29) is 33.7 Å². The van der Waals surface area contributed by atoms with Gasteiger partial charge in [0.15, 0.2) is 5.82 Å². The van der Waals surface area contributed by atoms with E-state index in [9.17, 15) is 14.9 Å². The van der Waals surface area contributed by atoms with E-state index in [0.29, 0.717) is 0 Å². The summed E-state index contributed by atoms with van der Waals surface area (Å²) in [5, 5.41) is 11.2. The average Bonchev–Trinajstić information content (AvgIpc) is 2.52. The number of nitrogens with zero attached hydrogens (tertiary/aromatic N) is 3. The molecular weight excluding hydrogens is 314 g/mol. The van der Waals surface area contributed by atoms with Gasteiger partial charge in [0, 0.05) is 12.1 Å². The molecular formula is C13H9ClN3O5. The lowest BCUT2D eigenvalue weighted by Crippen LogP contribution is -2.08. The molecule has 1 heterocycles. The van der Waals surface area contributed by atoms with Crippen LogP contribution in [0.2, 0.25) is 5.15 Å². The molecule has 0 saturated heterocycles. The second kappa shape index (κ2) is 6.35. The van der Waals surface area contributed by atoms with Gasteiger partial charge in [0.1, 0.15) is 10.7 Å². The van der Waals surface area contributed by atoms with Crippen molar-refractivity contribution in [2.24, 2.45) is 0 Å². The summed E-state index contributed by atoms with van der Waals surface area (Å²) >= 11 is 5.85. The molecule has 0 bridgehead atoms. The van der Waals surface area contributed by atoms with Crippen LogP contribution in [0.4, 0.5) is 5.69 Å². The number of carbonyl (C=O) groups excluding carboxylic acids is 1. The minimum Gasteiger partial charge on any atom is -0.481 e. The Kier molecular flexibility index (Phi) is 4.52. The fraction of sp³-hybridized carbons (Fsp3) is 0.154. The predicted molar refractivity (Wildman–Crippen MR) is 75.9 cm³/mol.